The van der Waals surface area contributed by atoms with E-state index < -0.39 is 0 Å². The number of pyridine rings is 1. The van der Waals surface area contributed by atoms with Gasteiger partial charge in [-0.3, -0.25) is 4.79 Å². The molecular weight excluding hydrogens is 330 g/mol. The average molecular weight is 347 g/mol. The van der Waals surface area contributed by atoms with Crippen LogP contribution in [-0.2, 0) is 0 Å². The number of hydrogen-bond donors (Lipinski definition) is 0. The third-order valence-electron chi connectivity index (χ3n) is 4.01. The zero-order chi connectivity index (χ0) is 18.3. The highest BCUT2D eigenvalue weighted by molar-refractivity contribution is 6.03. The first-order valence-corrected chi connectivity index (χ1v) is 8.12. The summed E-state index contributed by atoms with van der Waals surface area (Å²) in [5.74, 6) is 0. The van der Waals surface area contributed by atoms with E-state index >= 15 is 0 Å². The SMILES string of the molecule is Cc1cc(-c2ccccc2)nc2oc3c(=O)n(/N=C/N(C)C)cnc3c12. The smallest absolute Gasteiger partial charge is 0.317 e. The number of fused-ring (bicyclic) bond motifs is 3. The second kappa shape index (κ2) is 6.11. The molecule has 1 aromatic carbocycles. The Morgan fingerprint density at radius 3 is 2.73 bits per heavy atom. The van der Waals surface area contributed by atoms with Gasteiger partial charge >= 0.3 is 5.56 Å². The maximum Gasteiger partial charge on any atom is 0.317 e. The van der Waals surface area contributed by atoms with Crippen LogP contribution in [-0.4, -0.2) is 40.0 Å². The first kappa shape index (κ1) is 16.0. The van der Waals surface area contributed by atoms with Crippen molar-refractivity contribution in [3.05, 3.63) is 58.6 Å². The molecule has 0 saturated carbocycles. The number of benzene rings is 1. The number of aryl methyl sites for hydroxylation is 1. The number of furan rings is 1. The Kier molecular flexibility index (Phi) is 3.76. The summed E-state index contributed by atoms with van der Waals surface area (Å²) in [6.07, 6.45) is 2.92. The fourth-order valence-corrected chi connectivity index (χ4v) is 2.80. The second-order valence-corrected chi connectivity index (χ2v) is 6.24. The Morgan fingerprint density at radius 2 is 2.00 bits per heavy atom. The second-order valence-electron chi connectivity index (χ2n) is 6.24. The Balaban J connectivity index is 1.95. The number of aromatic nitrogens is 3. The zero-order valence-corrected chi connectivity index (χ0v) is 14.7. The molecule has 0 bridgehead atoms. The van der Waals surface area contributed by atoms with Crippen molar-refractivity contribution in [2.45, 2.75) is 6.92 Å². The molecule has 0 fully saturated rings. The molecule has 0 aliphatic heterocycles. The van der Waals surface area contributed by atoms with E-state index in [1.165, 1.54) is 12.7 Å². The molecule has 0 N–H and O–H groups in total. The van der Waals surface area contributed by atoms with Gasteiger partial charge in [0.15, 0.2) is 0 Å². The third kappa shape index (κ3) is 2.63. The van der Waals surface area contributed by atoms with Crippen LogP contribution < -0.4 is 5.56 Å². The van der Waals surface area contributed by atoms with E-state index in [2.05, 4.69) is 15.1 Å². The van der Waals surface area contributed by atoms with E-state index in [1.807, 2.05) is 57.4 Å². The lowest BCUT2D eigenvalue weighted by Crippen LogP contribution is -2.18. The molecule has 26 heavy (non-hydrogen) atoms. The Hall–Kier alpha value is -3.48. The van der Waals surface area contributed by atoms with Gasteiger partial charge in [-0.2, -0.15) is 9.78 Å². The van der Waals surface area contributed by atoms with Gasteiger partial charge in [0.05, 0.1) is 11.1 Å². The molecule has 0 atom stereocenters. The van der Waals surface area contributed by atoms with Crippen LogP contribution in [0, 0.1) is 6.92 Å². The molecule has 4 aromatic rings. The predicted molar refractivity (Wildman–Crippen MR) is 101 cm³/mol. The normalized spacial score (nSPS) is 11.7. The topological polar surface area (TPSA) is 76.5 Å². The molecule has 0 amide bonds. The van der Waals surface area contributed by atoms with Crippen LogP contribution in [0.1, 0.15) is 5.56 Å². The highest BCUT2D eigenvalue weighted by Crippen LogP contribution is 2.30. The number of nitrogens with zero attached hydrogens (tertiary/aromatic N) is 5. The Bertz CT molecular complexity index is 1190. The minimum atomic E-state index is -0.369. The van der Waals surface area contributed by atoms with Gasteiger partial charge in [-0.15, -0.1) is 0 Å². The molecule has 7 nitrogen and oxygen atoms in total. The van der Waals surface area contributed by atoms with Gasteiger partial charge < -0.3 is 9.32 Å². The molecule has 0 spiro atoms. The minimum Gasteiger partial charge on any atom is -0.430 e. The number of rotatable bonds is 3. The van der Waals surface area contributed by atoms with Crippen molar-refractivity contribution in [1.82, 2.24) is 19.5 Å². The molecular formula is C19H17N5O2. The molecule has 3 heterocycles. The Labute approximate surface area is 149 Å². The van der Waals surface area contributed by atoms with E-state index in [9.17, 15) is 4.79 Å². The summed E-state index contributed by atoms with van der Waals surface area (Å²) in [5, 5.41) is 4.83. The van der Waals surface area contributed by atoms with Gasteiger partial charge in [0.25, 0.3) is 0 Å². The van der Waals surface area contributed by atoms with Crippen LogP contribution in [0.4, 0.5) is 0 Å². The highest BCUT2D eigenvalue weighted by Gasteiger charge is 2.17. The van der Waals surface area contributed by atoms with E-state index in [4.69, 9.17) is 4.42 Å². The van der Waals surface area contributed by atoms with Gasteiger partial charge in [0.1, 0.15) is 18.2 Å². The van der Waals surface area contributed by atoms with Crippen LogP contribution in [0.3, 0.4) is 0 Å². The molecule has 0 saturated heterocycles. The molecule has 4 rings (SSSR count). The van der Waals surface area contributed by atoms with E-state index in [0.717, 1.165) is 26.9 Å². The summed E-state index contributed by atoms with van der Waals surface area (Å²) in [6, 6.07) is 11.8. The molecule has 0 aliphatic rings. The average Bonchev–Trinajstić information content (AvgIpc) is 3.02. The summed E-state index contributed by atoms with van der Waals surface area (Å²) in [7, 11) is 3.64. The van der Waals surface area contributed by atoms with Crippen LogP contribution in [0.25, 0.3) is 33.5 Å². The summed E-state index contributed by atoms with van der Waals surface area (Å²) in [6.45, 7) is 1.96. The molecule has 3 aromatic heterocycles. The largest absolute Gasteiger partial charge is 0.430 e. The lowest BCUT2D eigenvalue weighted by molar-refractivity contribution is 0.619. The van der Waals surface area contributed by atoms with Crippen molar-refractivity contribution >= 4 is 28.5 Å². The fraction of sp³-hybridized carbons (Fsp3) is 0.158. The first-order valence-electron chi connectivity index (χ1n) is 8.12. The third-order valence-corrected chi connectivity index (χ3v) is 4.01. The van der Waals surface area contributed by atoms with E-state index in [1.54, 1.807) is 4.90 Å². The van der Waals surface area contributed by atoms with Crippen molar-refractivity contribution in [3.63, 3.8) is 0 Å². The van der Waals surface area contributed by atoms with Gasteiger partial charge in [-0.05, 0) is 18.6 Å². The predicted octanol–water partition coefficient (Wildman–Crippen LogP) is 2.87. The van der Waals surface area contributed by atoms with Crippen molar-refractivity contribution in [2.24, 2.45) is 5.10 Å². The van der Waals surface area contributed by atoms with Crippen LogP contribution in [0.2, 0.25) is 0 Å². The lowest BCUT2D eigenvalue weighted by Gasteiger charge is -2.03. The van der Waals surface area contributed by atoms with Crippen molar-refractivity contribution < 1.29 is 4.42 Å². The maximum atomic E-state index is 12.6. The summed E-state index contributed by atoms with van der Waals surface area (Å²) >= 11 is 0. The van der Waals surface area contributed by atoms with Gasteiger partial charge in [-0.25, -0.2) is 9.97 Å². The van der Waals surface area contributed by atoms with Crippen LogP contribution in [0.5, 0.6) is 0 Å². The van der Waals surface area contributed by atoms with Crippen molar-refractivity contribution in [3.8, 4) is 11.3 Å². The molecule has 130 valence electrons. The maximum absolute atomic E-state index is 12.6. The monoisotopic (exact) mass is 347 g/mol. The van der Waals surface area contributed by atoms with Gasteiger partial charge in [-0.1, -0.05) is 30.3 Å². The number of hydrogen-bond acceptors (Lipinski definition) is 5. The summed E-state index contributed by atoms with van der Waals surface area (Å²) in [4.78, 5) is 23.3. The van der Waals surface area contributed by atoms with Crippen molar-refractivity contribution in [1.29, 1.82) is 0 Å². The van der Waals surface area contributed by atoms with Gasteiger partial charge in [0.2, 0.25) is 11.3 Å². The van der Waals surface area contributed by atoms with E-state index in [0.29, 0.717) is 11.2 Å². The highest BCUT2D eigenvalue weighted by atomic mass is 16.3. The van der Waals surface area contributed by atoms with Crippen molar-refractivity contribution in [2.75, 3.05) is 14.1 Å². The summed E-state index contributed by atoms with van der Waals surface area (Å²) in [5.41, 5.74) is 3.42. The van der Waals surface area contributed by atoms with E-state index in [-0.39, 0.29) is 11.1 Å². The molecule has 0 radical (unpaired) electrons. The lowest BCUT2D eigenvalue weighted by atomic mass is 10.1. The molecule has 7 heteroatoms. The molecule has 0 unspecified atom stereocenters. The first-order chi connectivity index (χ1) is 12.5. The Morgan fingerprint density at radius 1 is 1.23 bits per heavy atom. The molecule has 0 aliphatic carbocycles. The summed E-state index contributed by atoms with van der Waals surface area (Å²) < 4.78 is 6.93. The fourth-order valence-electron chi connectivity index (χ4n) is 2.80. The quantitative estimate of drug-likeness (QED) is 0.421. The van der Waals surface area contributed by atoms with Crippen LogP contribution in [0.15, 0.2) is 57.0 Å². The van der Waals surface area contributed by atoms with Crippen LogP contribution >= 0.6 is 0 Å². The minimum absolute atomic E-state index is 0.152. The standard InChI is InChI=1S/C19H17N5O2/c1-12-9-14(13-7-5-4-6-8-13)22-18-15(12)16-17(26-18)19(25)24(10-20-16)21-11-23(2)3/h4-11H,1-3H3/b21-11+. The zero-order valence-electron chi connectivity index (χ0n) is 14.7. The van der Waals surface area contributed by atoms with Gasteiger partial charge in [0, 0.05) is 19.7 Å².